The summed E-state index contributed by atoms with van der Waals surface area (Å²) in [4.78, 5) is 31.4. The van der Waals surface area contributed by atoms with Gasteiger partial charge in [0.25, 0.3) is 15.9 Å². The van der Waals surface area contributed by atoms with Crippen molar-refractivity contribution in [3.05, 3.63) is 138 Å². The molecule has 0 bridgehead atoms. The van der Waals surface area contributed by atoms with Gasteiger partial charge in [0.15, 0.2) is 5.03 Å². The standard InChI is InChI=1S/C30H26N4O4S/c35-29(33-39(37,38)27-21-31-26-18-10-11-19-34(26)27)25(20-22-12-4-1-5-13-22)32-30(36)28(23-14-6-2-7-15-23)24-16-8-3-9-17-24/h1-19,21,25,28H,20H2,(H,32,36)(H,33,35). The highest BCUT2D eigenvalue weighted by atomic mass is 32.2. The third-order valence-corrected chi connectivity index (χ3v) is 7.66. The predicted molar refractivity (Wildman–Crippen MR) is 147 cm³/mol. The highest BCUT2D eigenvalue weighted by Gasteiger charge is 2.31. The molecule has 0 spiro atoms. The molecule has 196 valence electrons. The average Bonchev–Trinajstić information content (AvgIpc) is 3.40. The van der Waals surface area contributed by atoms with Crippen molar-refractivity contribution in [3.63, 3.8) is 0 Å². The number of nitrogens with one attached hydrogen (secondary N) is 2. The van der Waals surface area contributed by atoms with Crippen molar-refractivity contribution in [2.24, 2.45) is 0 Å². The van der Waals surface area contributed by atoms with Crippen LogP contribution >= 0.6 is 0 Å². The van der Waals surface area contributed by atoms with Gasteiger partial charge in [-0.25, -0.2) is 9.71 Å². The lowest BCUT2D eigenvalue weighted by molar-refractivity contribution is -0.128. The Morgan fingerprint density at radius 2 is 1.31 bits per heavy atom. The summed E-state index contributed by atoms with van der Waals surface area (Å²) in [6, 6.07) is 31.5. The van der Waals surface area contributed by atoms with Crippen molar-refractivity contribution in [3.8, 4) is 0 Å². The van der Waals surface area contributed by atoms with Gasteiger partial charge in [-0.2, -0.15) is 8.42 Å². The first-order valence-electron chi connectivity index (χ1n) is 12.4. The number of benzene rings is 3. The highest BCUT2D eigenvalue weighted by Crippen LogP contribution is 2.25. The van der Waals surface area contributed by atoms with E-state index in [2.05, 4.69) is 15.0 Å². The number of nitrogens with zero attached hydrogens (tertiary/aromatic N) is 2. The van der Waals surface area contributed by atoms with Crippen molar-refractivity contribution >= 4 is 27.5 Å². The molecule has 5 rings (SSSR count). The van der Waals surface area contributed by atoms with E-state index in [1.54, 1.807) is 24.4 Å². The molecule has 0 aliphatic rings. The molecule has 8 nitrogen and oxygen atoms in total. The summed E-state index contributed by atoms with van der Waals surface area (Å²) in [6.07, 6.45) is 2.84. The first-order valence-corrected chi connectivity index (χ1v) is 13.8. The number of aromatic nitrogens is 2. The second-order valence-electron chi connectivity index (χ2n) is 9.00. The van der Waals surface area contributed by atoms with E-state index in [1.165, 1.54) is 10.6 Å². The molecule has 0 radical (unpaired) electrons. The summed E-state index contributed by atoms with van der Waals surface area (Å²) >= 11 is 0. The molecule has 2 amide bonds. The van der Waals surface area contributed by atoms with Crippen LogP contribution in [0.5, 0.6) is 0 Å². The number of fused-ring (bicyclic) bond motifs is 1. The van der Waals surface area contributed by atoms with Gasteiger partial charge < -0.3 is 5.32 Å². The molecule has 0 aliphatic heterocycles. The van der Waals surface area contributed by atoms with E-state index in [1.807, 2.05) is 91.0 Å². The Morgan fingerprint density at radius 3 is 1.92 bits per heavy atom. The van der Waals surface area contributed by atoms with Gasteiger partial charge in [-0.1, -0.05) is 97.1 Å². The van der Waals surface area contributed by atoms with Gasteiger partial charge >= 0.3 is 0 Å². The second-order valence-corrected chi connectivity index (χ2v) is 10.6. The normalized spacial score (nSPS) is 12.2. The van der Waals surface area contributed by atoms with E-state index in [0.29, 0.717) is 5.65 Å². The van der Waals surface area contributed by atoms with E-state index < -0.39 is 33.8 Å². The number of carbonyl (C=O) groups is 2. The number of carbonyl (C=O) groups excluding carboxylic acids is 2. The summed E-state index contributed by atoms with van der Waals surface area (Å²) in [5.41, 5.74) is 2.69. The van der Waals surface area contributed by atoms with Gasteiger partial charge in [-0.3, -0.25) is 14.0 Å². The molecule has 9 heteroatoms. The molecule has 2 N–H and O–H groups in total. The number of hydrogen-bond donors (Lipinski definition) is 2. The summed E-state index contributed by atoms with van der Waals surface area (Å²) in [5.74, 6) is -1.97. The van der Waals surface area contributed by atoms with Crippen LogP contribution in [0.3, 0.4) is 0 Å². The number of imidazole rings is 1. The van der Waals surface area contributed by atoms with Gasteiger partial charge in [0, 0.05) is 12.6 Å². The van der Waals surface area contributed by atoms with E-state index in [4.69, 9.17) is 0 Å². The molecule has 2 aromatic heterocycles. The Hall–Kier alpha value is -4.76. The van der Waals surface area contributed by atoms with Crippen molar-refractivity contribution in [1.82, 2.24) is 19.4 Å². The quantitative estimate of drug-likeness (QED) is 0.297. The summed E-state index contributed by atoms with van der Waals surface area (Å²) in [7, 11) is -4.29. The topological polar surface area (TPSA) is 110 Å². The number of sulfonamides is 1. The van der Waals surface area contributed by atoms with Crippen LogP contribution in [0.25, 0.3) is 5.65 Å². The zero-order valence-electron chi connectivity index (χ0n) is 20.8. The second kappa shape index (κ2) is 11.3. The molecule has 0 saturated carbocycles. The lowest BCUT2D eigenvalue weighted by Gasteiger charge is -2.23. The molecule has 0 saturated heterocycles. The molecule has 0 fully saturated rings. The third kappa shape index (κ3) is 5.89. The highest BCUT2D eigenvalue weighted by molar-refractivity contribution is 7.90. The van der Waals surface area contributed by atoms with Gasteiger partial charge in [-0.05, 0) is 28.8 Å². The van der Waals surface area contributed by atoms with E-state index in [9.17, 15) is 18.0 Å². The fourth-order valence-electron chi connectivity index (χ4n) is 4.46. The van der Waals surface area contributed by atoms with Crippen LogP contribution in [0.1, 0.15) is 22.6 Å². The Labute approximate surface area is 226 Å². The molecule has 5 aromatic rings. The average molecular weight is 539 g/mol. The van der Waals surface area contributed by atoms with Crippen molar-refractivity contribution < 1.29 is 18.0 Å². The number of amides is 2. The Morgan fingerprint density at radius 1 is 0.744 bits per heavy atom. The Kier molecular flexibility index (Phi) is 7.51. The zero-order chi connectivity index (χ0) is 27.2. The molecule has 1 unspecified atom stereocenters. The van der Waals surface area contributed by atoms with Crippen LogP contribution in [0.15, 0.2) is 127 Å². The maximum Gasteiger partial charge on any atom is 0.281 e. The maximum atomic E-state index is 13.8. The summed E-state index contributed by atoms with van der Waals surface area (Å²) in [6.45, 7) is 0. The van der Waals surface area contributed by atoms with E-state index in [0.717, 1.165) is 16.7 Å². The van der Waals surface area contributed by atoms with E-state index in [-0.39, 0.29) is 11.4 Å². The van der Waals surface area contributed by atoms with Crippen LogP contribution < -0.4 is 10.0 Å². The zero-order valence-corrected chi connectivity index (χ0v) is 21.7. The van der Waals surface area contributed by atoms with Crippen molar-refractivity contribution in [2.75, 3.05) is 0 Å². The molecular weight excluding hydrogens is 512 g/mol. The third-order valence-electron chi connectivity index (χ3n) is 6.34. The molecule has 3 aromatic carbocycles. The van der Waals surface area contributed by atoms with E-state index >= 15 is 0 Å². The fourth-order valence-corrected chi connectivity index (χ4v) is 5.58. The van der Waals surface area contributed by atoms with Crippen molar-refractivity contribution in [1.29, 1.82) is 0 Å². The first-order chi connectivity index (χ1) is 18.9. The van der Waals surface area contributed by atoms with Crippen LogP contribution in [0, 0.1) is 0 Å². The number of pyridine rings is 1. The van der Waals surface area contributed by atoms with Crippen molar-refractivity contribution in [2.45, 2.75) is 23.4 Å². The van der Waals surface area contributed by atoms with Gasteiger partial charge in [0.1, 0.15) is 11.7 Å². The predicted octanol–water partition coefficient (Wildman–Crippen LogP) is 3.70. The van der Waals surface area contributed by atoms with Crippen LogP contribution in [0.4, 0.5) is 0 Å². The number of hydrogen-bond acceptors (Lipinski definition) is 5. The van der Waals surface area contributed by atoms with Crippen LogP contribution in [-0.2, 0) is 26.0 Å². The van der Waals surface area contributed by atoms with Crippen LogP contribution in [-0.4, -0.2) is 35.7 Å². The molecule has 39 heavy (non-hydrogen) atoms. The summed E-state index contributed by atoms with van der Waals surface area (Å²) < 4.78 is 30.0. The Balaban J connectivity index is 1.45. The minimum Gasteiger partial charge on any atom is -0.343 e. The first kappa shape index (κ1) is 25.9. The smallest absolute Gasteiger partial charge is 0.281 e. The summed E-state index contributed by atoms with van der Waals surface area (Å²) in [5, 5.41) is 2.65. The minimum atomic E-state index is -4.29. The largest absolute Gasteiger partial charge is 0.343 e. The van der Waals surface area contributed by atoms with Gasteiger partial charge in [0.05, 0.1) is 12.1 Å². The lowest BCUT2D eigenvalue weighted by atomic mass is 9.90. The SMILES string of the molecule is O=C(NS(=O)(=O)c1cnc2ccccn12)C(Cc1ccccc1)NC(=O)C(c1ccccc1)c1ccccc1. The molecule has 1 atom stereocenters. The van der Waals surface area contributed by atoms with Gasteiger partial charge in [0.2, 0.25) is 5.91 Å². The maximum absolute atomic E-state index is 13.8. The van der Waals surface area contributed by atoms with Crippen LogP contribution in [0.2, 0.25) is 0 Å². The lowest BCUT2D eigenvalue weighted by Crippen LogP contribution is -2.50. The minimum absolute atomic E-state index is 0.0946. The molecular formula is C30H26N4O4S. The fraction of sp³-hybridized carbons (Fsp3) is 0.100. The van der Waals surface area contributed by atoms with Gasteiger partial charge in [-0.15, -0.1) is 0 Å². The monoisotopic (exact) mass is 538 g/mol. The molecule has 0 aliphatic carbocycles. The number of rotatable bonds is 9. The molecule has 2 heterocycles. The Bertz CT molecular complexity index is 1650.